The lowest BCUT2D eigenvalue weighted by Gasteiger charge is -2.38. The summed E-state index contributed by atoms with van der Waals surface area (Å²) in [5, 5.41) is 3.64. The Kier molecular flexibility index (Phi) is 3.81. The quantitative estimate of drug-likeness (QED) is 0.932. The summed E-state index contributed by atoms with van der Waals surface area (Å²) in [7, 11) is 1.66. The average molecular weight is 325 g/mol. The van der Waals surface area contributed by atoms with E-state index in [1.807, 2.05) is 37.4 Å². The van der Waals surface area contributed by atoms with Crippen molar-refractivity contribution in [2.75, 3.05) is 25.2 Å². The maximum atomic E-state index is 5.84. The molecule has 1 aliphatic heterocycles. The van der Waals surface area contributed by atoms with Gasteiger partial charge >= 0.3 is 0 Å². The average Bonchev–Trinajstić information content (AvgIpc) is 3.03. The largest absolute Gasteiger partial charge is 0.496 e. The first-order valence-corrected chi connectivity index (χ1v) is 8.46. The molecule has 0 bridgehead atoms. The topological polar surface area (TPSA) is 46.6 Å². The molecule has 1 saturated carbocycles. The van der Waals surface area contributed by atoms with Gasteiger partial charge in [-0.2, -0.15) is 0 Å². The maximum absolute atomic E-state index is 5.84. The Morgan fingerprint density at radius 3 is 2.71 bits per heavy atom. The van der Waals surface area contributed by atoms with Crippen LogP contribution in [0.15, 0.2) is 36.5 Å². The van der Waals surface area contributed by atoms with Gasteiger partial charge in [-0.1, -0.05) is 6.07 Å². The van der Waals surface area contributed by atoms with Crippen LogP contribution in [-0.4, -0.2) is 30.8 Å². The number of nitrogens with one attached hydrogen (secondary N) is 1. The van der Waals surface area contributed by atoms with E-state index in [9.17, 15) is 0 Å². The Bertz CT molecular complexity index is 726. The van der Waals surface area contributed by atoms with Crippen molar-refractivity contribution in [2.24, 2.45) is 0 Å². The van der Waals surface area contributed by atoms with E-state index in [0.29, 0.717) is 11.4 Å². The third-order valence-electron chi connectivity index (χ3n) is 5.14. The number of hydrogen-bond donors (Lipinski definition) is 1. The summed E-state index contributed by atoms with van der Waals surface area (Å²) in [6.07, 6.45) is 5.80. The number of aromatic nitrogens is 1. The number of anilines is 1. The fourth-order valence-corrected chi connectivity index (χ4v) is 3.47. The highest BCUT2D eigenvalue weighted by molar-refractivity contribution is 5.48. The predicted octanol–water partition coefficient (Wildman–Crippen LogP) is 3.48. The molecule has 5 nitrogen and oxygen atoms in total. The van der Waals surface area contributed by atoms with Gasteiger partial charge in [-0.15, -0.1) is 0 Å². The molecular weight excluding hydrogens is 302 g/mol. The monoisotopic (exact) mass is 325 g/mol. The molecule has 1 aromatic heterocycles. The van der Waals surface area contributed by atoms with E-state index in [1.54, 1.807) is 7.11 Å². The molecule has 0 amide bonds. The van der Waals surface area contributed by atoms with Crippen LogP contribution >= 0.6 is 0 Å². The fourth-order valence-electron chi connectivity index (χ4n) is 3.47. The van der Waals surface area contributed by atoms with Crippen LogP contribution in [0.25, 0.3) is 0 Å². The van der Waals surface area contributed by atoms with Crippen LogP contribution in [0.3, 0.4) is 0 Å². The molecule has 5 heteroatoms. The van der Waals surface area contributed by atoms with E-state index in [-0.39, 0.29) is 0 Å². The van der Waals surface area contributed by atoms with Gasteiger partial charge in [0.1, 0.15) is 11.5 Å². The number of aryl methyl sites for hydroxylation is 1. The molecule has 24 heavy (non-hydrogen) atoms. The van der Waals surface area contributed by atoms with Crippen LogP contribution in [0.1, 0.15) is 24.8 Å². The van der Waals surface area contributed by atoms with Crippen molar-refractivity contribution in [3.63, 3.8) is 0 Å². The van der Waals surface area contributed by atoms with Crippen molar-refractivity contribution in [1.82, 2.24) is 10.3 Å². The zero-order valence-electron chi connectivity index (χ0n) is 14.2. The van der Waals surface area contributed by atoms with E-state index in [2.05, 4.69) is 21.3 Å². The number of ether oxygens (including phenoxy) is 2. The lowest BCUT2D eigenvalue weighted by atomic mass is 9.77. The highest BCUT2D eigenvalue weighted by Gasteiger charge is 2.42. The molecule has 2 fully saturated rings. The molecule has 2 aliphatic rings. The predicted molar refractivity (Wildman–Crippen MR) is 94.0 cm³/mol. The molecule has 1 N–H and O–H groups in total. The highest BCUT2D eigenvalue weighted by atomic mass is 16.5. The van der Waals surface area contributed by atoms with E-state index in [4.69, 9.17) is 9.47 Å². The second-order valence-corrected chi connectivity index (χ2v) is 6.75. The fraction of sp³-hybridized carbons (Fsp3) is 0.421. The van der Waals surface area contributed by atoms with Gasteiger partial charge in [-0.3, -0.25) is 5.32 Å². The van der Waals surface area contributed by atoms with Crippen molar-refractivity contribution in [3.05, 3.63) is 42.1 Å². The van der Waals surface area contributed by atoms with E-state index < -0.39 is 0 Å². The summed E-state index contributed by atoms with van der Waals surface area (Å²) < 4.78 is 11.2. The van der Waals surface area contributed by atoms with Crippen LogP contribution in [0.4, 0.5) is 5.69 Å². The van der Waals surface area contributed by atoms with E-state index in [0.717, 1.165) is 36.0 Å². The van der Waals surface area contributed by atoms with E-state index in [1.165, 1.54) is 19.3 Å². The van der Waals surface area contributed by atoms with E-state index >= 15 is 0 Å². The molecular formula is C19H23N3O2. The molecule has 1 spiro atoms. The Balaban J connectivity index is 1.44. The number of rotatable bonds is 4. The number of methoxy groups -OCH3 is 1. The van der Waals surface area contributed by atoms with Gasteiger partial charge in [0, 0.05) is 24.2 Å². The summed E-state index contributed by atoms with van der Waals surface area (Å²) in [6.45, 7) is 3.98. The molecule has 0 unspecified atom stereocenters. The summed E-state index contributed by atoms with van der Waals surface area (Å²) in [4.78, 5) is 6.81. The number of benzene rings is 1. The molecule has 1 saturated heterocycles. The second kappa shape index (κ2) is 5.98. The third-order valence-corrected chi connectivity index (χ3v) is 5.14. The smallest absolute Gasteiger partial charge is 0.219 e. The molecule has 126 valence electrons. The molecule has 0 radical (unpaired) electrons. The van der Waals surface area contributed by atoms with Gasteiger partial charge in [-0.05, 0) is 43.9 Å². The van der Waals surface area contributed by atoms with Crippen molar-refractivity contribution in [1.29, 1.82) is 0 Å². The van der Waals surface area contributed by atoms with Gasteiger partial charge in [0.05, 0.1) is 25.7 Å². The van der Waals surface area contributed by atoms with Gasteiger partial charge < -0.3 is 14.4 Å². The Morgan fingerprint density at radius 2 is 2.08 bits per heavy atom. The van der Waals surface area contributed by atoms with Gasteiger partial charge in [-0.25, -0.2) is 4.98 Å². The third kappa shape index (κ3) is 2.80. The molecule has 1 aromatic carbocycles. The SMILES string of the molecule is COc1cc(Oc2ccc(N3CNC4(CCC4)C3)cn2)ccc1C. The number of hydrogen-bond acceptors (Lipinski definition) is 5. The molecule has 0 atom stereocenters. The molecule has 2 aromatic rings. The highest BCUT2D eigenvalue weighted by Crippen LogP contribution is 2.37. The Hall–Kier alpha value is -2.27. The van der Waals surface area contributed by atoms with Crippen molar-refractivity contribution in [3.8, 4) is 17.4 Å². The first-order chi connectivity index (χ1) is 11.7. The van der Waals surface area contributed by atoms with Crippen LogP contribution in [0.2, 0.25) is 0 Å². The molecule has 2 heterocycles. The maximum Gasteiger partial charge on any atom is 0.219 e. The standard InChI is InChI=1S/C19H23N3O2/c1-14-4-6-16(10-17(14)23-2)24-18-7-5-15(11-20-18)22-12-19(21-13-22)8-3-9-19/h4-7,10-11,21H,3,8-9,12-13H2,1-2H3. The van der Waals surface area contributed by atoms with Crippen LogP contribution in [0.5, 0.6) is 17.4 Å². The summed E-state index contributed by atoms with van der Waals surface area (Å²) in [5.74, 6) is 2.14. The van der Waals surface area contributed by atoms with Gasteiger partial charge in [0.2, 0.25) is 5.88 Å². The lowest BCUT2D eigenvalue weighted by molar-refractivity contribution is 0.234. The Labute approximate surface area is 142 Å². The summed E-state index contributed by atoms with van der Waals surface area (Å²) in [5.41, 5.74) is 2.58. The Morgan fingerprint density at radius 1 is 1.21 bits per heavy atom. The van der Waals surface area contributed by atoms with Gasteiger partial charge in [0.15, 0.2) is 0 Å². The van der Waals surface area contributed by atoms with Crippen LogP contribution in [-0.2, 0) is 0 Å². The van der Waals surface area contributed by atoms with Crippen LogP contribution in [0, 0.1) is 6.92 Å². The zero-order chi connectivity index (χ0) is 16.6. The molecule has 4 rings (SSSR count). The first-order valence-electron chi connectivity index (χ1n) is 8.46. The van der Waals surface area contributed by atoms with Crippen molar-refractivity contribution < 1.29 is 9.47 Å². The summed E-state index contributed by atoms with van der Waals surface area (Å²) >= 11 is 0. The minimum atomic E-state index is 0.355. The van der Waals surface area contributed by atoms with Crippen molar-refractivity contribution in [2.45, 2.75) is 31.7 Å². The minimum absolute atomic E-state index is 0.355. The zero-order valence-corrected chi connectivity index (χ0v) is 14.2. The summed E-state index contributed by atoms with van der Waals surface area (Å²) in [6, 6.07) is 9.80. The first kappa shape index (κ1) is 15.3. The molecule has 1 aliphatic carbocycles. The number of pyridine rings is 1. The van der Waals surface area contributed by atoms with Crippen molar-refractivity contribution >= 4 is 5.69 Å². The lowest BCUT2D eigenvalue weighted by Crippen LogP contribution is -2.48. The normalized spacial score (nSPS) is 18.5. The number of nitrogens with zero attached hydrogens (tertiary/aromatic N) is 2. The van der Waals surface area contributed by atoms with Crippen LogP contribution < -0.4 is 19.7 Å². The van der Waals surface area contributed by atoms with Gasteiger partial charge in [0.25, 0.3) is 0 Å². The second-order valence-electron chi connectivity index (χ2n) is 6.75. The minimum Gasteiger partial charge on any atom is -0.496 e.